The van der Waals surface area contributed by atoms with E-state index in [0.717, 1.165) is 19.3 Å². The number of carboxylic acid groups (broad SMARTS) is 1. The van der Waals surface area contributed by atoms with E-state index in [4.69, 9.17) is 0 Å². The number of carbonyl (C=O) groups excluding carboxylic acids is 1. The normalized spacial score (nSPS) is 18.1. The summed E-state index contributed by atoms with van der Waals surface area (Å²) >= 11 is 0. The summed E-state index contributed by atoms with van der Waals surface area (Å²) in [5.74, 6) is -0.792. The van der Waals surface area contributed by atoms with Crippen LogP contribution in [0.2, 0.25) is 0 Å². The molecule has 0 aromatic rings. The molecule has 0 saturated heterocycles. The lowest BCUT2D eigenvalue weighted by Crippen LogP contribution is -2.45. The average Bonchev–Trinajstić information content (AvgIpc) is 2.74. The highest BCUT2D eigenvalue weighted by Crippen LogP contribution is 2.37. The second-order valence-corrected chi connectivity index (χ2v) is 6.71. The number of amides is 2. The van der Waals surface area contributed by atoms with Crippen LogP contribution >= 0.6 is 0 Å². The van der Waals surface area contributed by atoms with Crippen LogP contribution in [-0.2, 0) is 4.79 Å². The molecule has 0 aromatic heterocycles. The molecule has 110 valence electrons. The van der Waals surface area contributed by atoms with Crippen molar-refractivity contribution in [3.8, 4) is 0 Å². The van der Waals surface area contributed by atoms with Crippen molar-refractivity contribution >= 4 is 12.0 Å². The Kier molecular flexibility index (Phi) is 5.20. The minimum atomic E-state index is -0.792. The number of urea groups is 1. The molecule has 0 aromatic carbocycles. The number of nitrogens with one attached hydrogen (secondary N) is 2. The molecule has 5 heteroatoms. The minimum Gasteiger partial charge on any atom is -0.481 e. The summed E-state index contributed by atoms with van der Waals surface area (Å²) in [6.45, 7) is 7.18. The van der Waals surface area contributed by atoms with Gasteiger partial charge in [0.2, 0.25) is 0 Å². The fourth-order valence-corrected chi connectivity index (χ4v) is 2.38. The van der Waals surface area contributed by atoms with E-state index in [1.54, 1.807) is 0 Å². The maximum absolute atomic E-state index is 11.6. The van der Waals surface area contributed by atoms with Gasteiger partial charge in [0, 0.05) is 13.1 Å². The molecule has 2 amide bonds. The SMILES string of the molecule is CC(C)(C)CCNC(=O)NCC1(C(=O)O)CCCC1. The molecule has 0 bridgehead atoms. The third-order valence-electron chi connectivity index (χ3n) is 3.76. The van der Waals surface area contributed by atoms with Crippen LogP contribution in [0.1, 0.15) is 52.9 Å². The number of hydrogen-bond acceptors (Lipinski definition) is 2. The van der Waals surface area contributed by atoms with Crippen LogP contribution in [-0.4, -0.2) is 30.2 Å². The van der Waals surface area contributed by atoms with Crippen LogP contribution in [0.15, 0.2) is 0 Å². The number of hydrogen-bond donors (Lipinski definition) is 3. The first kappa shape index (κ1) is 15.8. The minimum absolute atomic E-state index is 0.182. The summed E-state index contributed by atoms with van der Waals surface area (Å²) in [6.07, 6.45) is 4.07. The molecule has 1 saturated carbocycles. The molecule has 5 nitrogen and oxygen atoms in total. The monoisotopic (exact) mass is 270 g/mol. The van der Waals surface area contributed by atoms with Crippen molar-refractivity contribution in [1.82, 2.24) is 10.6 Å². The van der Waals surface area contributed by atoms with E-state index >= 15 is 0 Å². The van der Waals surface area contributed by atoms with Crippen molar-refractivity contribution in [1.29, 1.82) is 0 Å². The molecule has 0 heterocycles. The zero-order valence-corrected chi connectivity index (χ0v) is 12.2. The quantitative estimate of drug-likeness (QED) is 0.717. The van der Waals surface area contributed by atoms with Crippen molar-refractivity contribution in [2.24, 2.45) is 10.8 Å². The van der Waals surface area contributed by atoms with Crippen LogP contribution < -0.4 is 10.6 Å². The van der Waals surface area contributed by atoms with Gasteiger partial charge in [0.25, 0.3) is 0 Å². The lowest BCUT2D eigenvalue weighted by molar-refractivity contribution is -0.148. The Morgan fingerprint density at radius 2 is 1.74 bits per heavy atom. The topological polar surface area (TPSA) is 78.4 Å². The fourth-order valence-electron chi connectivity index (χ4n) is 2.38. The van der Waals surface area contributed by atoms with Gasteiger partial charge in [0.05, 0.1) is 5.41 Å². The van der Waals surface area contributed by atoms with Crippen LogP contribution in [0, 0.1) is 10.8 Å². The smallest absolute Gasteiger partial charge is 0.314 e. The van der Waals surface area contributed by atoms with Crippen molar-refractivity contribution in [3.05, 3.63) is 0 Å². The van der Waals surface area contributed by atoms with E-state index in [0.29, 0.717) is 19.4 Å². The van der Waals surface area contributed by atoms with E-state index in [2.05, 4.69) is 31.4 Å². The zero-order chi connectivity index (χ0) is 14.5. The predicted molar refractivity (Wildman–Crippen MR) is 74.0 cm³/mol. The molecule has 1 aliphatic rings. The Hall–Kier alpha value is -1.26. The molecule has 0 atom stereocenters. The lowest BCUT2D eigenvalue weighted by Gasteiger charge is -2.24. The van der Waals surface area contributed by atoms with Crippen molar-refractivity contribution in [2.75, 3.05) is 13.1 Å². The Morgan fingerprint density at radius 1 is 1.16 bits per heavy atom. The highest BCUT2D eigenvalue weighted by atomic mass is 16.4. The van der Waals surface area contributed by atoms with E-state index in [9.17, 15) is 14.7 Å². The largest absolute Gasteiger partial charge is 0.481 e. The summed E-state index contributed by atoms with van der Waals surface area (Å²) in [5, 5.41) is 14.8. The van der Waals surface area contributed by atoms with Gasteiger partial charge in [0.1, 0.15) is 0 Å². The van der Waals surface area contributed by atoms with Crippen molar-refractivity contribution in [3.63, 3.8) is 0 Å². The summed E-state index contributed by atoms with van der Waals surface area (Å²) in [6, 6.07) is -0.267. The Bertz CT molecular complexity index is 328. The van der Waals surface area contributed by atoms with Gasteiger partial charge < -0.3 is 15.7 Å². The van der Waals surface area contributed by atoms with Gasteiger partial charge in [-0.2, -0.15) is 0 Å². The van der Waals surface area contributed by atoms with Gasteiger partial charge in [-0.15, -0.1) is 0 Å². The number of aliphatic carboxylic acids is 1. The summed E-state index contributed by atoms with van der Waals surface area (Å²) in [7, 11) is 0. The second-order valence-electron chi connectivity index (χ2n) is 6.71. The van der Waals surface area contributed by atoms with Crippen LogP contribution in [0.4, 0.5) is 4.79 Å². The first-order chi connectivity index (χ1) is 8.75. The maximum Gasteiger partial charge on any atom is 0.314 e. The third-order valence-corrected chi connectivity index (χ3v) is 3.76. The molecule has 1 fully saturated rings. The number of rotatable bonds is 5. The van der Waals surface area contributed by atoms with Gasteiger partial charge in [0.15, 0.2) is 0 Å². The summed E-state index contributed by atoms with van der Waals surface area (Å²) < 4.78 is 0. The van der Waals surface area contributed by atoms with E-state index in [1.165, 1.54) is 0 Å². The molecule has 1 aliphatic carbocycles. The Balaban J connectivity index is 2.31. The summed E-state index contributed by atoms with van der Waals surface area (Å²) in [4.78, 5) is 22.9. The molecule has 19 heavy (non-hydrogen) atoms. The molecule has 0 radical (unpaired) electrons. The van der Waals surface area contributed by atoms with Crippen LogP contribution in [0.5, 0.6) is 0 Å². The van der Waals surface area contributed by atoms with Gasteiger partial charge in [-0.25, -0.2) is 4.79 Å². The Labute approximate surface area is 115 Å². The second kappa shape index (κ2) is 6.26. The van der Waals surface area contributed by atoms with E-state index in [-0.39, 0.29) is 18.0 Å². The molecule has 0 unspecified atom stereocenters. The number of carboxylic acids is 1. The highest BCUT2D eigenvalue weighted by Gasteiger charge is 2.41. The molecule has 1 rings (SSSR count). The van der Waals surface area contributed by atoms with Crippen molar-refractivity contribution in [2.45, 2.75) is 52.9 Å². The maximum atomic E-state index is 11.6. The molecular formula is C14H26N2O3. The molecule has 0 spiro atoms. The standard InChI is InChI=1S/C14H26N2O3/c1-13(2,3)8-9-15-12(19)16-10-14(11(17)18)6-4-5-7-14/h4-10H2,1-3H3,(H,17,18)(H2,15,16,19). The highest BCUT2D eigenvalue weighted by molar-refractivity contribution is 5.78. The van der Waals surface area contributed by atoms with E-state index < -0.39 is 11.4 Å². The summed E-state index contributed by atoms with van der Waals surface area (Å²) in [5.41, 5.74) is -0.567. The van der Waals surface area contributed by atoms with Gasteiger partial charge in [-0.1, -0.05) is 33.6 Å². The van der Waals surface area contributed by atoms with Crippen molar-refractivity contribution < 1.29 is 14.7 Å². The first-order valence-electron chi connectivity index (χ1n) is 7.00. The molecule has 3 N–H and O–H groups in total. The lowest BCUT2D eigenvalue weighted by atomic mass is 9.86. The van der Waals surface area contributed by atoms with Crippen LogP contribution in [0.3, 0.4) is 0 Å². The van der Waals surface area contributed by atoms with Gasteiger partial charge >= 0.3 is 12.0 Å². The predicted octanol–water partition coefficient (Wildman–Crippen LogP) is 2.37. The number of carbonyl (C=O) groups is 2. The first-order valence-corrected chi connectivity index (χ1v) is 7.00. The van der Waals surface area contributed by atoms with E-state index in [1.807, 2.05) is 0 Å². The molecule has 0 aliphatic heterocycles. The van der Waals surface area contributed by atoms with Gasteiger partial charge in [-0.3, -0.25) is 4.79 Å². The Morgan fingerprint density at radius 3 is 2.21 bits per heavy atom. The van der Waals surface area contributed by atoms with Crippen LogP contribution in [0.25, 0.3) is 0 Å². The molecular weight excluding hydrogens is 244 g/mol. The zero-order valence-electron chi connectivity index (χ0n) is 12.2. The third kappa shape index (κ3) is 5.09. The average molecular weight is 270 g/mol. The van der Waals surface area contributed by atoms with Gasteiger partial charge in [-0.05, 0) is 24.7 Å². The fraction of sp³-hybridized carbons (Fsp3) is 0.857.